The Kier molecular flexibility index (Phi) is 1.67. The molecule has 2 aromatic rings. The van der Waals surface area contributed by atoms with Crippen molar-refractivity contribution in [3.05, 3.63) is 42.6 Å². The van der Waals surface area contributed by atoms with Gasteiger partial charge in [-0.3, -0.25) is 0 Å². The van der Waals surface area contributed by atoms with E-state index in [-0.39, 0.29) is 0 Å². The lowest BCUT2D eigenvalue weighted by molar-refractivity contribution is 0.454. The Bertz CT molecular complexity index is 403. The van der Waals surface area contributed by atoms with Gasteiger partial charge in [0, 0.05) is 10.9 Å². The average molecular weight is 159 g/mol. The molecule has 0 saturated carbocycles. The van der Waals surface area contributed by atoms with Gasteiger partial charge in [-0.2, -0.15) is 0 Å². The van der Waals surface area contributed by atoms with Gasteiger partial charge >= 0.3 is 0 Å². The highest BCUT2D eigenvalue weighted by atomic mass is 16.5. The molecule has 1 aromatic heterocycles. The predicted octanol–water partition coefficient (Wildman–Crippen LogP) is 2.56. The molecular weight excluding hydrogens is 150 g/mol. The SMILES string of the molecule is C=CCc1cccc2cnoc12. The Morgan fingerprint density at radius 1 is 1.50 bits per heavy atom. The molecule has 2 heteroatoms. The molecule has 0 saturated heterocycles. The number of hydrogen-bond acceptors (Lipinski definition) is 2. The van der Waals surface area contributed by atoms with Gasteiger partial charge in [0.05, 0.1) is 6.20 Å². The van der Waals surface area contributed by atoms with E-state index in [0.29, 0.717) is 0 Å². The Morgan fingerprint density at radius 3 is 3.25 bits per heavy atom. The first-order valence-electron chi connectivity index (χ1n) is 3.85. The number of nitrogens with zero attached hydrogens (tertiary/aromatic N) is 1. The zero-order valence-corrected chi connectivity index (χ0v) is 6.66. The summed E-state index contributed by atoms with van der Waals surface area (Å²) in [6.07, 6.45) is 4.41. The van der Waals surface area contributed by atoms with Crippen molar-refractivity contribution in [1.82, 2.24) is 5.16 Å². The maximum absolute atomic E-state index is 5.10. The number of rotatable bonds is 2. The van der Waals surface area contributed by atoms with E-state index in [9.17, 15) is 0 Å². The van der Waals surface area contributed by atoms with Crippen LogP contribution in [0.1, 0.15) is 5.56 Å². The van der Waals surface area contributed by atoms with Crippen LogP contribution in [0, 0.1) is 0 Å². The van der Waals surface area contributed by atoms with E-state index in [2.05, 4.69) is 11.7 Å². The number of benzene rings is 1. The Morgan fingerprint density at radius 2 is 2.42 bits per heavy atom. The van der Waals surface area contributed by atoms with Crippen molar-refractivity contribution in [2.24, 2.45) is 0 Å². The molecule has 1 aromatic carbocycles. The molecule has 0 spiro atoms. The first kappa shape index (κ1) is 7.10. The molecule has 60 valence electrons. The predicted molar refractivity (Wildman–Crippen MR) is 47.9 cm³/mol. The number of para-hydroxylation sites is 1. The number of allylic oxidation sites excluding steroid dienone is 1. The lowest BCUT2D eigenvalue weighted by Gasteiger charge is -1.94. The Hall–Kier alpha value is -1.57. The van der Waals surface area contributed by atoms with E-state index in [1.54, 1.807) is 6.20 Å². The summed E-state index contributed by atoms with van der Waals surface area (Å²) in [5.74, 6) is 0. The van der Waals surface area contributed by atoms with Gasteiger partial charge in [-0.25, -0.2) is 0 Å². The maximum atomic E-state index is 5.10. The molecular formula is C10H9NO. The number of aromatic nitrogens is 1. The summed E-state index contributed by atoms with van der Waals surface area (Å²) in [5, 5.41) is 4.79. The van der Waals surface area contributed by atoms with Gasteiger partial charge in [-0.1, -0.05) is 23.4 Å². The van der Waals surface area contributed by atoms with Crippen LogP contribution in [0.5, 0.6) is 0 Å². The van der Waals surface area contributed by atoms with E-state index >= 15 is 0 Å². The van der Waals surface area contributed by atoms with E-state index in [1.165, 1.54) is 0 Å². The van der Waals surface area contributed by atoms with Gasteiger partial charge in [0.25, 0.3) is 0 Å². The molecule has 0 atom stereocenters. The summed E-state index contributed by atoms with van der Waals surface area (Å²) < 4.78 is 5.10. The third kappa shape index (κ3) is 1.01. The van der Waals surface area contributed by atoms with Crippen LogP contribution in [0.15, 0.2) is 41.6 Å². The summed E-state index contributed by atoms with van der Waals surface area (Å²) in [7, 11) is 0. The molecule has 0 N–H and O–H groups in total. The zero-order chi connectivity index (χ0) is 8.39. The standard InChI is InChI=1S/C10H9NO/c1-2-4-8-5-3-6-9-7-11-12-10(8)9/h2-3,5-7H,1,4H2. The highest BCUT2D eigenvalue weighted by molar-refractivity contribution is 5.79. The van der Waals surface area contributed by atoms with Crippen molar-refractivity contribution in [3.63, 3.8) is 0 Å². The second-order valence-electron chi connectivity index (χ2n) is 2.65. The van der Waals surface area contributed by atoms with Gasteiger partial charge in [0.15, 0.2) is 5.58 Å². The third-order valence-corrected chi connectivity index (χ3v) is 1.83. The molecule has 0 aliphatic carbocycles. The fourth-order valence-electron chi connectivity index (χ4n) is 1.27. The van der Waals surface area contributed by atoms with Gasteiger partial charge < -0.3 is 4.52 Å². The molecule has 12 heavy (non-hydrogen) atoms. The zero-order valence-electron chi connectivity index (χ0n) is 6.66. The minimum absolute atomic E-state index is 0.826. The fraction of sp³-hybridized carbons (Fsp3) is 0.100. The van der Waals surface area contributed by atoms with Crippen molar-refractivity contribution in [2.45, 2.75) is 6.42 Å². The second-order valence-corrected chi connectivity index (χ2v) is 2.65. The van der Waals surface area contributed by atoms with Crippen LogP contribution < -0.4 is 0 Å². The minimum Gasteiger partial charge on any atom is -0.356 e. The van der Waals surface area contributed by atoms with Crippen LogP contribution in [0.2, 0.25) is 0 Å². The van der Waals surface area contributed by atoms with Crippen LogP contribution in [-0.2, 0) is 6.42 Å². The lowest BCUT2D eigenvalue weighted by atomic mass is 10.1. The summed E-state index contributed by atoms with van der Waals surface area (Å²) in [6, 6.07) is 6.01. The van der Waals surface area contributed by atoms with Crippen molar-refractivity contribution in [2.75, 3.05) is 0 Å². The highest BCUT2D eigenvalue weighted by Gasteiger charge is 2.02. The van der Waals surface area contributed by atoms with E-state index in [0.717, 1.165) is 23.0 Å². The molecule has 0 aliphatic rings. The molecule has 2 nitrogen and oxygen atoms in total. The molecule has 0 amide bonds. The first-order valence-corrected chi connectivity index (χ1v) is 3.85. The van der Waals surface area contributed by atoms with Gasteiger partial charge in [-0.05, 0) is 12.5 Å². The normalized spacial score (nSPS) is 10.3. The third-order valence-electron chi connectivity index (χ3n) is 1.83. The van der Waals surface area contributed by atoms with Crippen LogP contribution in [0.25, 0.3) is 11.0 Å². The van der Waals surface area contributed by atoms with Crippen molar-refractivity contribution < 1.29 is 4.52 Å². The first-order chi connectivity index (χ1) is 5.92. The highest BCUT2D eigenvalue weighted by Crippen LogP contribution is 2.18. The molecule has 0 radical (unpaired) electrons. The summed E-state index contributed by atoms with van der Waals surface area (Å²) in [6.45, 7) is 3.69. The molecule has 1 heterocycles. The fourth-order valence-corrected chi connectivity index (χ4v) is 1.27. The van der Waals surface area contributed by atoms with Gasteiger partial charge in [-0.15, -0.1) is 6.58 Å². The molecule has 0 aliphatic heterocycles. The molecule has 0 fully saturated rings. The van der Waals surface area contributed by atoms with E-state index < -0.39 is 0 Å². The molecule has 0 unspecified atom stereocenters. The van der Waals surface area contributed by atoms with Gasteiger partial charge in [0.1, 0.15) is 0 Å². The molecule has 2 rings (SSSR count). The average Bonchev–Trinajstić information content (AvgIpc) is 2.53. The van der Waals surface area contributed by atoms with Crippen LogP contribution in [-0.4, -0.2) is 5.16 Å². The second kappa shape index (κ2) is 2.81. The smallest absolute Gasteiger partial charge is 0.170 e. The van der Waals surface area contributed by atoms with Crippen LogP contribution in [0.3, 0.4) is 0 Å². The van der Waals surface area contributed by atoms with E-state index in [4.69, 9.17) is 4.52 Å². The minimum atomic E-state index is 0.826. The maximum Gasteiger partial charge on any atom is 0.170 e. The Labute approximate surface area is 70.5 Å². The van der Waals surface area contributed by atoms with Gasteiger partial charge in [0.2, 0.25) is 0 Å². The van der Waals surface area contributed by atoms with E-state index in [1.807, 2.05) is 24.3 Å². The monoisotopic (exact) mass is 159 g/mol. The van der Waals surface area contributed by atoms with Crippen molar-refractivity contribution in [3.8, 4) is 0 Å². The summed E-state index contributed by atoms with van der Waals surface area (Å²) >= 11 is 0. The van der Waals surface area contributed by atoms with Crippen molar-refractivity contribution >= 4 is 11.0 Å². The number of hydrogen-bond donors (Lipinski definition) is 0. The summed E-state index contributed by atoms with van der Waals surface area (Å²) in [4.78, 5) is 0. The topological polar surface area (TPSA) is 26.0 Å². The largest absolute Gasteiger partial charge is 0.356 e. The van der Waals surface area contributed by atoms with Crippen molar-refractivity contribution in [1.29, 1.82) is 0 Å². The van der Waals surface area contributed by atoms with Crippen LogP contribution in [0.4, 0.5) is 0 Å². The quantitative estimate of drug-likeness (QED) is 0.629. The lowest BCUT2D eigenvalue weighted by Crippen LogP contribution is -1.79. The summed E-state index contributed by atoms with van der Waals surface area (Å²) in [5.41, 5.74) is 2.01. The van der Waals surface area contributed by atoms with Crippen LogP contribution >= 0.6 is 0 Å². The number of fused-ring (bicyclic) bond motifs is 1. The Balaban J connectivity index is 2.65. The molecule has 0 bridgehead atoms.